The van der Waals surface area contributed by atoms with Crippen LogP contribution >= 0.6 is 11.6 Å². The molecule has 4 bridgehead atoms. The van der Waals surface area contributed by atoms with Gasteiger partial charge >= 0.3 is 0 Å². The fraction of sp³-hybridized carbons (Fsp3) is 0.700. The number of carbonyl (C=O) groups excluding carboxylic acids is 1. The van der Waals surface area contributed by atoms with E-state index in [1.165, 1.54) is 6.42 Å². The summed E-state index contributed by atoms with van der Waals surface area (Å²) in [7, 11) is 3.87. The predicted octanol–water partition coefficient (Wildman–Crippen LogP) is 2.93. The Morgan fingerprint density at radius 2 is 2.04 bits per heavy atom. The minimum absolute atomic E-state index is 0.106. The van der Waals surface area contributed by atoms with Crippen LogP contribution < -0.4 is 0 Å². The predicted molar refractivity (Wildman–Crippen MR) is 105 cm³/mol. The Balaban J connectivity index is 1.44. The maximum absolute atomic E-state index is 13.7. The van der Waals surface area contributed by atoms with Gasteiger partial charge in [0.2, 0.25) is 11.2 Å². The van der Waals surface area contributed by atoms with Crippen molar-refractivity contribution in [1.29, 1.82) is 0 Å². The zero-order chi connectivity index (χ0) is 19.7. The Morgan fingerprint density at radius 1 is 1.32 bits per heavy atom. The van der Waals surface area contributed by atoms with Crippen LogP contribution in [0.1, 0.15) is 49.8 Å². The molecule has 8 heteroatoms. The molecule has 0 N–H and O–H groups in total. The maximum atomic E-state index is 13.7. The largest absolute Gasteiger partial charge is 0.341 e. The van der Waals surface area contributed by atoms with E-state index in [0.717, 1.165) is 43.4 Å². The van der Waals surface area contributed by atoms with E-state index in [9.17, 15) is 4.79 Å². The lowest BCUT2D eigenvalue weighted by Gasteiger charge is -2.61. The zero-order valence-corrected chi connectivity index (χ0v) is 17.5. The van der Waals surface area contributed by atoms with E-state index in [0.29, 0.717) is 23.7 Å². The number of nitrogens with zero attached hydrogens (tertiary/aromatic N) is 6. The minimum Gasteiger partial charge on any atom is -0.341 e. The quantitative estimate of drug-likeness (QED) is 0.788. The molecule has 0 aliphatic heterocycles. The third-order valence-electron chi connectivity index (χ3n) is 7.52. The van der Waals surface area contributed by atoms with Crippen LogP contribution in [-0.2, 0) is 23.9 Å². The van der Waals surface area contributed by atoms with Crippen molar-refractivity contribution in [2.45, 2.75) is 57.5 Å². The summed E-state index contributed by atoms with van der Waals surface area (Å²) >= 11 is 6.03. The molecule has 4 aliphatic rings. The molecule has 2 aromatic rings. The molecule has 0 spiro atoms. The number of carbonyl (C=O) groups is 1. The molecule has 150 valence electrons. The number of aromatic nitrogens is 5. The molecule has 2 unspecified atom stereocenters. The molecule has 0 aromatic carbocycles. The van der Waals surface area contributed by atoms with Crippen LogP contribution in [0.15, 0.2) is 12.5 Å². The number of hydrogen-bond acceptors (Lipinski definition) is 4. The molecule has 4 aliphatic carbocycles. The highest BCUT2D eigenvalue weighted by Crippen LogP contribution is 2.64. The van der Waals surface area contributed by atoms with E-state index in [1.807, 2.05) is 34.6 Å². The summed E-state index contributed by atoms with van der Waals surface area (Å²) in [5.74, 6) is 1.45. The standard InChI is InChI=1S/C20H27ClN6O/c1-13-16(9-23-26(13)3)10-25(2)17(28)19-5-14-4-15(6-19)8-20(7-14,11-19)27-12-22-18(21)24-27/h9,12,14-15H,4-8,10-11H2,1-3H3. The van der Waals surface area contributed by atoms with Gasteiger partial charge in [-0.25, -0.2) is 9.67 Å². The Labute approximate surface area is 170 Å². The van der Waals surface area contributed by atoms with Gasteiger partial charge in [-0.2, -0.15) is 5.10 Å². The molecule has 4 fully saturated rings. The number of amides is 1. The van der Waals surface area contributed by atoms with Gasteiger partial charge in [-0.3, -0.25) is 9.48 Å². The van der Waals surface area contributed by atoms with Gasteiger partial charge in [0.15, 0.2) is 0 Å². The highest BCUT2D eigenvalue weighted by atomic mass is 35.5. The molecule has 4 saturated carbocycles. The van der Waals surface area contributed by atoms with Crippen molar-refractivity contribution >= 4 is 17.5 Å². The molecule has 0 saturated heterocycles. The smallest absolute Gasteiger partial charge is 0.242 e. The number of hydrogen-bond donors (Lipinski definition) is 0. The summed E-state index contributed by atoms with van der Waals surface area (Å²) in [5.41, 5.74) is 1.83. The molecule has 1 amide bonds. The molecular weight excluding hydrogens is 376 g/mol. The van der Waals surface area contributed by atoms with Crippen molar-refractivity contribution in [3.63, 3.8) is 0 Å². The second-order valence-corrected chi connectivity index (χ2v) is 9.80. The lowest BCUT2D eigenvalue weighted by molar-refractivity contribution is -0.166. The number of halogens is 1. The van der Waals surface area contributed by atoms with Crippen LogP contribution in [-0.4, -0.2) is 42.4 Å². The molecule has 28 heavy (non-hydrogen) atoms. The minimum atomic E-state index is -0.284. The normalized spacial score (nSPS) is 33.4. The molecule has 2 heterocycles. The molecule has 0 radical (unpaired) electrons. The van der Waals surface area contributed by atoms with Crippen molar-refractivity contribution < 1.29 is 4.79 Å². The van der Waals surface area contributed by atoms with Crippen molar-refractivity contribution in [2.75, 3.05) is 7.05 Å². The lowest BCUT2D eigenvalue weighted by Crippen LogP contribution is -2.61. The van der Waals surface area contributed by atoms with E-state index in [2.05, 4.69) is 22.1 Å². The van der Waals surface area contributed by atoms with Crippen molar-refractivity contribution in [1.82, 2.24) is 29.4 Å². The van der Waals surface area contributed by atoms with E-state index in [1.54, 1.807) is 6.33 Å². The average Bonchev–Trinajstić information content (AvgIpc) is 3.21. The topological polar surface area (TPSA) is 68.8 Å². The average molecular weight is 403 g/mol. The van der Waals surface area contributed by atoms with Crippen molar-refractivity contribution in [3.8, 4) is 0 Å². The van der Waals surface area contributed by atoms with Gasteiger partial charge in [-0.15, -0.1) is 5.10 Å². The summed E-state index contributed by atoms with van der Waals surface area (Å²) in [6.45, 7) is 2.66. The SMILES string of the molecule is Cc1c(CN(C)C(=O)C23CC4CC(C2)CC(n2cnc(Cl)n2)(C4)C3)cnn1C. The van der Waals surface area contributed by atoms with Gasteiger partial charge in [0, 0.05) is 31.9 Å². The molecular formula is C20H27ClN6O. The van der Waals surface area contributed by atoms with Crippen molar-refractivity contribution in [3.05, 3.63) is 29.1 Å². The Hall–Kier alpha value is -1.89. The third-order valence-corrected chi connectivity index (χ3v) is 7.70. The summed E-state index contributed by atoms with van der Waals surface area (Å²) in [6.07, 6.45) is 9.90. The van der Waals surface area contributed by atoms with E-state index < -0.39 is 0 Å². The first-order valence-electron chi connectivity index (χ1n) is 10.1. The summed E-state index contributed by atoms with van der Waals surface area (Å²) in [4.78, 5) is 19.8. The van der Waals surface area contributed by atoms with E-state index in [-0.39, 0.29) is 16.9 Å². The van der Waals surface area contributed by atoms with Gasteiger partial charge < -0.3 is 4.90 Å². The second-order valence-electron chi connectivity index (χ2n) is 9.46. The number of aryl methyl sites for hydroxylation is 1. The monoisotopic (exact) mass is 402 g/mol. The van der Waals surface area contributed by atoms with E-state index in [4.69, 9.17) is 11.6 Å². The van der Waals surface area contributed by atoms with Crippen LogP contribution in [0.2, 0.25) is 5.28 Å². The van der Waals surface area contributed by atoms with Crippen molar-refractivity contribution in [2.24, 2.45) is 24.3 Å². The Kier molecular flexibility index (Phi) is 3.92. The van der Waals surface area contributed by atoms with Gasteiger partial charge in [0.05, 0.1) is 17.2 Å². The van der Waals surface area contributed by atoms with Gasteiger partial charge in [0.1, 0.15) is 6.33 Å². The lowest BCUT2D eigenvalue weighted by atomic mass is 9.46. The summed E-state index contributed by atoms with van der Waals surface area (Å²) in [5, 5.41) is 9.07. The van der Waals surface area contributed by atoms with Crippen LogP contribution in [0.25, 0.3) is 0 Å². The number of rotatable bonds is 4. The third kappa shape index (κ3) is 2.62. The second kappa shape index (κ2) is 6.05. The first-order chi connectivity index (χ1) is 13.3. The fourth-order valence-electron chi connectivity index (χ4n) is 6.64. The maximum Gasteiger partial charge on any atom is 0.242 e. The molecule has 2 aromatic heterocycles. The first-order valence-corrected chi connectivity index (χ1v) is 10.5. The summed E-state index contributed by atoms with van der Waals surface area (Å²) in [6, 6.07) is 0. The molecule has 2 atom stereocenters. The van der Waals surface area contributed by atoms with Crippen LogP contribution in [0.3, 0.4) is 0 Å². The molecule has 6 rings (SSSR count). The van der Waals surface area contributed by atoms with E-state index >= 15 is 0 Å². The summed E-state index contributed by atoms with van der Waals surface area (Å²) < 4.78 is 3.84. The zero-order valence-electron chi connectivity index (χ0n) is 16.7. The van der Waals surface area contributed by atoms with Gasteiger partial charge in [0.25, 0.3) is 0 Å². The Bertz CT molecular complexity index is 919. The molecule has 7 nitrogen and oxygen atoms in total. The first kappa shape index (κ1) is 18.2. The fourth-order valence-corrected chi connectivity index (χ4v) is 6.76. The van der Waals surface area contributed by atoms with Gasteiger partial charge in [-0.05, 0) is 68.9 Å². The highest BCUT2D eigenvalue weighted by Gasteiger charge is 2.62. The van der Waals surface area contributed by atoms with Crippen LogP contribution in [0, 0.1) is 24.2 Å². The Morgan fingerprint density at radius 3 is 2.61 bits per heavy atom. The highest BCUT2D eigenvalue weighted by molar-refractivity contribution is 6.28. The van der Waals surface area contributed by atoms with Crippen LogP contribution in [0.4, 0.5) is 0 Å². The van der Waals surface area contributed by atoms with Gasteiger partial charge in [-0.1, -0.05) is 0 Å². The van der Waals surface area contributed by atoms with Crippen LogP contribution in [0.5, 0.6) is 0 Å².